The molecule has 0 radical (unpaired) electrons. The first-order valence-corrected chi connectivity index (χ1v) is 9.27. The van der Waals surface area contributed by atoms with Gasteiger partial charge < -0.3 is 14.6 Å². The number of anilines is 1. The van der Waals surface area contributed by atoms with Crippen LogP contribution < -0.4 is 5.32 Å². The van der Waals surface area contributed by atoms with Crippen LogP contribution in [-0.2, 0) is 6.54 Å². The van der Waals surface area contributed by atoms with Gasteiger partial charge in [0, 0.05) is 13.1 Å². The highest BCUT2D eigenvalue weighted by Gasteiger charge is 2.25. The fourth-order valence-corrected chi connectivity index (χ4v) is 4.34. The van der Waals surface area contributed by atoms with Crippen molar-refractivity contribution in [3.05, 3.63) is 40.4 Å². The number of amides is 1. The molecule has 1 aliphatic heterocycles. The number of nitrogens with one attached hydrogen (secondary N) is 1. The third kappa shape index (κ3) is 3.00. The van der Waals surface area contributed by atoms with E-state index in [1.807, 2.05) is 30.9 Å². The van der Waals surface area contributed by atoms with E-state index in [4.69, 9.17) is 4.42 Å². The van der Waals surface area contributed by atoms with E-state index in [1.165, 1.54) is 17.7 Å². The molecule has 7 heteroatoms. The average Bonchev–Trinajstić information content (AvgIpc) is 3.33. The summed E-state index contributed by atoms with van der Waals surface area (Å²) < 4.78 is 5.59. The molecule has 1 aliphatic rings. The summed E-state index contributed by atoms with van der Waals surface area (Å²) in [5.41, 5.74) is 0.954. The van der Waals surface area contributed by atoms with Gasteiger partial charge >= 0.3 is 0 Å². The number of aryl methyl sites for hydroxylation is 2. The average molecular weight is 356 g/mol. The smallest absolute Gasteiger partial charge is 0.264 e. The van der Waals surface area contributed by atoms with Crippen LogP contribution in [0.1, 0.15) is 39.6 Å². The van der Waals surface area contributed by atoms with Crippen molar-refractivity contribution in [2.75, 3.05) is 18.4 Å². The molecule has 4 heterocycles. The minimum Gasteiger partial charge on any atom is -0.465 e. The number of hydrogen-bond donors (Lipinski definition) is 1. The number of carbonyl (C=O) groups excluding carboxylic acids is 1. The molecular weight excluding hydrogens is 336 g/mol. The van der Waals surface area contributed by atoms with E-state index in [-0.39, 0.29) is 5.91 Å². The van der Waals surface area contributed by atoms with Crippen molar-refractivity contribution < 1.29 is 9.21 Å². The third-order valence-corrected chi connectivity index (χ3v) is 5.73. The zero-order valence-corrected chi connectivity index (χ0v) is 15.2. The Morgan fingerprint density at radius 3 is 2.80 bits per heavy atom. The standard InChI is InChI=1S/C18H20N4O2S/c1-11-5-6-13(24-11)9-19-16-14-12(2)15(25-17(14)21-10-20-16)18(23)22-7-3-4-8-22/h5-6,10H,3-4,7-9H2,1-2H3,(H,19,20,21). The van der Waals surface area contributed by atoms with Crippen LogP contribution >= 0.6 is 11.3 Å². The number of fused-ring (bicyclic) bond motifs is 1. The van der Waals surface area contributed by atoms with Crippen molar-refractivity contribution >= 4 is 33.3 Å². The molecule has 1 amide bonds. The molecule has 130 valence electrons. The van der Waals surface area contributed by atoms with Crippen molar-refractivity contribution in [2.24, 2.45) is 0 Å². The number of likely N-dealkylation sites (tertiary alicyclic amines) is 1. The van der Waals surface area contributed by atoms with E-state index >= 15 is 0 Å². The summed E-state index contributed by atoms with van der Waals surface area (Å²) in [6, 6.07) is 3.89. The van der Waals surface area contributed by atoms with Crippen LogP contribution in [-0.4, -0.2) is 33.9 Å². The predicted octanol–water partition coefficient (Wildman–Crippen LogP) is 3.75. The fraction of sp³-hybridized carbons (Fsp3) is 0.389. The first-order chi connectivity index (χ1) is 12.1. The molecule has 0 unspecified atom stereocenters. The van der Waals surface area contributed by atoms with Crippen molar-refractivity contribution in [1.29, 1.82) is 0 Å². The first kappa shape index (κ1) is 16.1. The van der Waals surface area contributed by atoms with Crippen LogP contribution in [0, 0.1) is 13.8 Å². The maximum Gasteiger partial charge on any atom is 0.264 e. The van der Waals surface area contributed by atoms with Crippen LogP contribution in [0.5, 0.6) is 0 Å². The van der Waals surface area contributed by atoms with E-state index in [0.717, 1.165) is 63.9 Å². The van der Waals surface area contributed by atoms with Gasteiger partial charge in [0.1, 0.15) is 28.5 Å². The molecular formula is C18H20N4O2S. The van der Waals surface area contributed by atoms with Crippen molar-refractivity contribution in [3.63, 3.8) is 0 Å². The second-order valence-electron chi connectivity index (χ2n) is 6.32. The lowest BCUT2D eigenvalue weighted by atomic mass is 10.2. The molecule has 1 saturated heterocycles. The number of carbonyl (C=O) groups is 1. The quantitative estimate of drug-likeness (QED) is 0.771. The van der Waals surface area contributed by atoms with Gasteiger partial charge in [0.05, 0.1) is 16.8 Å². The molecule has 0 atom stereocenters. The third-order valence-electron chi connectivity index (χ3n) is 4.54. The molecule has 1 N–H and O–H groups in total. The molecule has 4 rings (SSSR count). The second-order valence-corrected chi connectivity index (χ2v) is 7.32. The summed E-state index contributed by atoms with van der Waals surface area (Å²) in [5.74, 6) is 2.60. The fourth-order valence-electron chi connectivity index (χ4n) is 3.22. The maximum atomic E-state index is 12.8. The van der Waals surface area contributed by atoms with Gasteiger partial charge in [0.2, 0.25) is 0 Å². The SMILES string of the molecule is Cc1ccc(CNc2ncnc3sc(C(=O)N4CCCC4)c(C)c23)o1. The molecule has 6 nitrogen and oxygen atoms in total. The van der Waals surface area contributed by atoms with E-state index in [0.29, 0.717) is 6.54 Å². The number of aromatic nitrogens is 2. The predicted molar refractivity (Wildman–Crippen MR) is 98.1 cm³/mol. The summed E-state index contributed by atoms with van der Waals surface area (Å²) in [7, 11) is 0. The highest BCUT2D eigenvalue weighted by molar-refractivity contribution is 7.20. The van der Waals surface area contributed by atoms with Crippen LogP contribution in [0.15, 0.2) is 22.9 Å². The molecule has 0 aliphatic carbocycles. The first-order valence-electron chi connectivity index (χ1n) is 8.46. The highest BCUT2D eigenvalue weighted by atomic mass is 32.1. The molecule has 0 saturated carbocycles. The summed E-state index contributed by atoms with van der Waals surface area (Å²) in [5, 5.41) is 4.25. The number of thiophene rings is 1. The van der Waals surface area contributed by atoms with E-state index in [1.54, 1.807) is 0 Å². The van der Waals surface area contributed by atoms with E-state index in [2.05, 4.69) is 15.3 Å². The summed E-state index contributed by atoms with van der Waals surface area (Å²) in [4.78, 5) is 25.1. The Morgan fingerprint density at radius 2 is 2.08 bits per heavy atom. The Morgan fingerprint density at radius 1 is 1.28 bits per heavy atom. The van der Waals surface area contributed by atoms with Crippen molar-refractivity contribution in [3.8, 4) is 0 Å². The largest absolute Gasteiger partial charge is 0.465 e. The minimum atomic E-state index is 0.116. The number of nitrogens with zero attached hydrogens (tertiary/aromatic N) is 3. The second kappa shape index (κ2) is 6.48. The highest BCUT2D eigenvalue weighted by Crippen LogP contribution is 2.34. The maximum absolute atomic E-state index is 12.8. The summed E-state index contributed by atoms with van der Waals surface area (Å²) >= 11 is 1.45. The van der Waals surface area contributed by atoms with Crippen LogP contribution in [0.2, 0.25) is 0 Å². The molecule has 0 aromatic carbocycles. The molecule has 1 fully saturated rings. The molecule has 3 aromatic rings. The van der Waals surface area contributed by atoms with Gasteiger partial charge in [-0.05, 0) is 44.4 Å². The number of furan rings is 1. The zero-order valence-electron chi connectivity index (χ0n) is 14.3. The van der Waals surface area contributed by atoms with Crippen molar-refractivity contribution in [1.82, 2.24) is 14.9 Å². The Kier molecular flexibility index (Phi) is 4.17. The van der Waals surface area contributed by atoms with Crippen LogP contribution in [0.25, 0.3) is 10.2 Å². The zero-order chi connectivity index (χ0) is 17.4. The molecule has 0 bridgehead atoms. The van der Waals surface area contributed by atoms with E-state index in [9.17, 15) is 4.79 Å². The van der Waals surface area contributed by atoms with Gasteiger partial charge in [0.25, 0.3) is 5.91 Å². The lowest BCUT2D eigenvalue weighted by Gasteiger charge is -2.14. The Hall–Kier alpha value is -2.41. The van der Waals surface area contributed by atoms with E-state index < -0.39 is 0 Å². The topological polar surface area (TPSA) is 71.3 Å². The number of rotatable bonds is 4. The lowest BCUT2D eigenvalue weighted by molar-refractivity contribution is 0.0797. The van der Waals surface area contributed by atoms with Crippen molar-refractivity contribution in [2.45, 2.75) is 33.2 Å². The molecule has 0 spiro atoms. The Bertz CT molecular complexity index is 924. The van der Waals surface area contributed by atoms with Gasteiger partial charge in [-0.2, -0.15) is 0 Å². The van der Waals surface area contributed by atoms with Gasteiger partial charge in [-0.15, -0.1) is 11.3 Å². The monoisotopic (exact) mass is 356 g/mol. The normalized spacial score (nSPS) is 14.4. The Labute approximate surface area is 149 Å². The van der Waals surface area contributed by atoms with Crippen LogP contribution in [0.3, 0.4) is 0 Å². The molecule has 25 heavy (non-hydrogen) atoms. The number of hydrogen-bond acceptors (Lipinski definition) is 6. The van der Waals surface area contributed by atoms with Gasteiger partial charge in [0.15, 0.2) is 0 Å². The summed E-state index contributed by atoms with van der Waals surface area (Å²) in [6.07, 6.45) is 3.72. The van der Waals surface area contributed by atoms with Gasteiger partial charge in [-0.25, -0.2) is 9.97 Å². The lowest BCUT2D eigenvalue weighted by Crippen LogP contribution is -2.27. The van der Waals surface area contributed by atoms with Crippen LogP contribution in [0.4, 0.5) is 5.82 Å². The van der Waals surface area contributed by atoms with Gasteiger partial charge in [-0.1, -0.05) is 0 Å². The molecule has 3 aromatic heterocycles. The van der Waals surface area contributed by atoms with Gasteiger partial charge in [-0.3, -0.25) is 4.79 Å². The minimum absolute atomic E-state index is 0.116. The summed E-state index contributed by atoms with van der Waals surface area (Å²) in [6.45, 7) is 6.15. The Balaban J connectivity index is 1.65.